The van der Waals surface area contributed by atoms with Gasteiger partial charge >= 0.3 is 0 Å². The van der Waals surface area contributed by atoms with Crippen LogP contribution in [-0.2, 0) is 0 Å². The average Bonchev–Trinajstić information content (AvgIpc) is 3.35. The number of hydrogen-bond acceptors (Lipinski definition) is 5. The monoisotopic (exact) mass is 394 g/mol. The Hall–Kier alpha value is -2.80. The van der Waals surface area contributed by atoms with Gasteiger partial charge in [-0.05, 0) is 50.1 Å². The molecule has 1 fully saturated rings. The number of nitrogens with zero attached hydrogens (tertiary/aromatic N) is 4. The molecule has 3 aromatic heterocycles. The van der Waals surface area contributed by atoms with Gasteiger partial charge in [-0.1, -0.05) is 0 Å². The Morgan fingerprint density at radius 3 is 2.86 bits per heavy atom. The minimum absolute atomic E-state index is 0.00482. The maximum Gasteiger partial charge on any atom is 0.263 e. The van der Waals surface area contributed by atoms with E-state index in [4.69, 9.17) is 0 Å². The molecule has 6 nitrogen and oxygen atoms in total. The molecule has 0 bridgehead atoms. The normalized spacial score (nSPS) is 16.5. The van der Waals surface area contributed by atoms with E-state index in [1.54, 1.807) is 25.2 Å². The summed E-state index contributed by atoms with van der Waals surface area (Å²) in [7, 11) is 3.50. The molecule has 1 saturated heterocycles. The SMILES string of the molecule is Cc1nc2ncccc2cc1C(=O)N1CCC[C@H]1c1ccc(C(=O)N(C)C)s1. The number of aryl methyl sites for hydroxylation is 1. The van der Waals surface area contributed by atoms with Crippen molar-refractivity contribution in [1.82, 2.24) is 19.8 Å². The van der Waals surface area contributed by atoms with Crippen LogP contribution in [0, 0.1) is 6.92 Å². The fourth-order valence-electron chi connectivity index (χ4n) is 3.64. The molecule has 1 aliphatic heterocycles. The van der Waals surface area contributed by atoms with Gasteiger partial charge in [-0.2, -0.15) is 0 Å². The van der Waals surface area contributed by atoms with Crippen LogP contribution in [-0.4, -0.2) is 52.2 Å². The number of pyridine rings is 2. The van der Waals surface area contributed by atoms with E-state index in [1.807, 2.05) is 42.2 Å². The van der Waals surface area contributed by atoms with Gasteiger partial charge in [0.15, 0.2) is 5.65 Å². The van der Waals surface area contributed by atoms with Crippen LogP contribution in [0.2, 0.25) is 0 Å². The van der Waals surface area contributed by atoms with Crippen LogP contribution in [0.3, 0.4) is 0 Å². The molecule has 1 atom stereocenters. The van der Waals surface area contributed by atoms with E-state index in [9.17, 15) is 9.59 Å². The summed E-state index contributed by atoms with van der Waals surface area (Å²) in [5.74, 6) is -0.0127. The number of fused-ring (bicyclic) bond motifs is 1. The molecule has 0 aromatic carbocycles. The van der Waals surface area contributed by atoms with E-state index in [2.05, 4.69) is 9.97 Å². The van der Waals surface area contributed by atoms with Crippen molar-refractivity contribution < 1.29 is 9.59 Å². The van der Waals surface area contributed by atoms with Gasteiger partial charge in [-0.25, -0.2) is 9.97 Å². The summed E-state index contributed by atoms with van der Waals surface area (Å²) in [5, 5.41) is 0.863. The molecule has 0 N–H and O–H groups in total. The molecule has 2 amide bonds. The third-order valence-corrected chi connectivity index (χ3v) is 6.27. The molecule has 4 heterocycles. The Morgan fingerprint density at radius 1 is 1.25 bits per heavy atom. The Bertz CT molecular complexity index is 1060. The lowest BCUT2D eigenvalue weighted by atomic mass is 10.1. The van der Waals surface area contributed by atoms with Gasteiger partial charge < -0.3 is 9.80 Å². The lowest BCUT2D eigenvalue weighted by molar-refractivity contribution is 0.0736. The zero-order chi connectivity index (χ0) is 19.8. The van der Waals surface area contributed by atoms with Crippen molar-refractivity contribution in [2.75, 3.05) is 20.6 Å². The molecule has 1 aliphatic rings. The molecule has 0 unspecified atom stereocenters. The van der Waals surface area contributed by atoms with Crippen LogP contribution < -0.4 is 0 Å². The van der Waals surface area contributed by atoms with Crippen molar-refractivity contribution in [1.29, 1.82) is 0 Å². The number of rotatable bonds is 3. The van der Waals surface area contributed by atoms with Crippen LogP contribution >= 0.6 is 11.3 Å². The molecule has 3 aromatic rings. The molecule has 0 aliphatic carbocycles. The smallest absolute Gasteiger partial charge is 0.263 e. The highest BCUT2D eigenvalue weighted by atomic mass is 32.1. The van der Waals surface area contributed by atoms with Gasteiger partial charge in [-0.3, -0.25) is 9.59 Å². The van der Waals surface area contributed by atoms with Crippen LogP contribution in [0.1, 0.15) is 49.5 Å². The average molecular weight is 395 g/mol. The molecular weight excluding hydrogens is 372 g/mol. The molecule has 0 saturated carbocycles. The minimum atomic E-state index is -0.00728. The number of carbonyl (C=O) groups excluding carboxylic acids is 2. The van der Waals surface area contributed by atoms with Crippen LogP contribution in [0.5, 0.6) is 0 Å². The maximum atomic E-state index is 13.3. The van der Waals surface area contributed by atoms with Gasteiger partial charge in [0.25, 0.3) is 11.8 Å². The first-order valence-corrected chi connectivity index (χ1v) is 10.1. The second-order valence-electron chi connectivity index (χ2n) is 7.23. The van der Waals surface area contributed by atoms with Gasteiger partial charge in [0.1, 0.15) is 0 Å². The summed E-state index contributed by atoms with van der Waals surface area (Å²) in [4.78, 5) is 39.6. The van der Waals surface area contributed by atoms with E-state index < -0.39 is 0 Å². The van der Waals surface area contributed by atoms with Crippen LogP contribution in [0.15, 0.2) is 36.5 Å². The van der Waals surface area contributed by atoms with Gasteiger partial charge in [-0.15, -0.1) is 11.3 Å². The second-order valence-corrected chi connectivity index (χ2v) is 8.34. The van der Waals surface area contributed by atoms with E-state index in [1.165, 1.54) is 11.3 Å². The Kier molecular flexibility index (Phi) is 4.85. The Morgan fingerprint density at radius 2 is 2.07 bits per heavy atom. The van der Waals surface area contributed by atoms with E-state index in [-0.39, 0.29) is 17.9 Å². The summed E-state index contributed by atoms with van der Waals surface area (Å²) in [5.41, 5.74) is 1.96. The third kappa shape index (κ3) is 3.26. The lowest BCUT2D eigenvalue weighted by Crippen LogP contribution is -2.31. The molecular formula is C21H22N4O2S. The summed E-state index contributed by atoms with van der Waals surface area (Å²) in [6, 6.07) is 9.50. The first-order valence-electron chi connectivity index (χ1n) is 9.30. The van der Waals surface area contributed by atoms with Gasteiger partial charge in [0.05, 0.1) is 22.2 Å². The van der Waals surface area contributed by atoms with Crippen molar-refractivity contribution in [3.63, 3.8) is 0 Å². The Labute approximate surface area is 167 Å². The Balaban J connectivity index is 1.64. The predicted molar refractivity (Wildman–Crippen MR) is 110 cm³/mol. The highest BCUT2D eigenvalue weighted by molar-refractivity contribution is 7.14. The maximum absolute atomic E-state index is 13.3. The quantitative estimate of drug-likeness (QED) is 0.680. The zero-order valence-corrected chi connectivity index (χ0v) is 17.0. The summed E-state index contributed by atoms with van der Waals surface area (Å²) in [6.45, 7) is 2.56. The van der Waals surface area contributed by atoms with Crippen LogP contribution in [0.25, 0.3) is 11.0 Å². The highest BCUT2D eigenvalue weighted by Crippen LogP contribution is 2.37. The van der Waals surface area contributed by atoms with Gasteiger partial charge in [0, 0.05) is 37.1 Å². The van der Waals surface area contributed by atoms with E-state index in [0.29, 0.717) is 28.3 Å². The summed E-state index contributed by atoms with van der Waals surface area (Å²) >= 11 is 1.48. The highest BCUT2D eigenvalue weighted by Gasteiger charge is 2.33. The number of amides is 2. The lowest BCUT2D eigenvalue weighted by Gasteiger charge is -2.24. The molecule has 144 valence electrons. The van der Waals surface area contributed by atoms with Crippen molar-refractivity contribution in [3.8, 4) is 0 Å². The first kappa shape index (κ1) is 18.6. The van der Waals surface area contributed by atoms with E-state index in [0.717, 1.165) is 23.1 Å². The molecule has 0 spiro atoms. The van der Waals surface area contributed by atoms with Crippen molar-refractivity contribution in [2.45, 2.75) is 25.8 Å². The van der Waals surface area contributed by atoms with Crippen molar-refractivity contribution in [2.24, 2.45) is 0 Å². The number of thiophene rings is 1. The minimum Gasteiger partial charge on any atom is -0.344 e. The number of hydrogen-bond donors (Lipinski definition) is 0. The fraction of sp³-hybridized carbons (Fsp3) is 0.333. The molecule has 4 rings (SSSR count). The summed E-state index contributed by atoms with van der Waals surface area (Å²) < 4.78 is 0. The standard InChI is InChI=1S/C21H22N4O2S/c1-13-15(12-14-6-4-10-22-19(14)23-13)20(26)25-11-5-7-16(25)17-8-9-18(28-17)21(27)24(2)3/h4,6,8-10,12,16H,5,7,11H2,1-3H3/t16-/m0/s1. The number of carbonyl (C=O) groups is 2. The van der Waals surface area contributed by atoms with Crippen molar-refractivity contribution in [3.05, 3.63) is 57.5 Å². The second kappa shape index (κ2) is 7.31. The van der Waals surface area contributed by atoms with Crippen LogP contribution in [0.4, 0.5) is 0 Å². The largest absolute Gasteiger partial charge is 0.344 e. The summed E-state index contributed by atoms with van der Waals surface area (Å²) in [6.07, 6.45) is 3.56. The number of aromatic nitrogens is 2. The first-order chi connectivity index (χ1) is 13.5. The van der Waals surface area contributed by atoms with Crippen molar-refractivity contribution >= 4 is 34.2 Å². The zero-order valence-electron chi connectivity index (χ0n) is 16.2. The molecule has 28 heavy (non-hydrogen) atoms. The fourth-order valence-corrected chi connectivity index (χ4v) is 4.82. The third-order valence-electron chi connectivity index (χ3n) is 5.10. The van der Waals surface area contributed by atoms with E-state index >= 15 is 0 Å². The predicted octanol–water partition coefficient (Wildman–Crippen LogP) is 3.68. The molecule has 7 heteroatoms. The number of likely N-dealkylation sites (tertiary alicyclic amines) is 1. The van der Waals surface area contributed by atoms with Gasteiger partial charge in [0.2, 0.25) is 0 Å². The molecule has 0 radical (unpaired) electrons. The topological polar surface area (TPSA) is 66.4 Å².